The molecule has 0 amide bonds. The van der Waals surface area contributed by atoms with Gasteiger partial charge in [-0.05, 0) is 19.1 Å². The van der Waals surface area contributed by atoms with E-state index in [4.69, 9.17) is 5.26 Å². The Hall–Kier alpha value is -2.41. The number of hydrogen-bond acceptors (Lipinski definition) is 3. The van der Waals surface area contributed by atoms with E-state index < -0.39 is 0 Å². The standard InChI is InChI=1S/C13H11N3O/c1-9-12(8-14)15-16(13(9)10(2)17)11-6-4-3-5-7-11/h3-7H,1-2H3. The van der Waals surface area contributed by atoms with E-state index in [0.29, 0.717) is 17.0 Å². The monoisotopic (exact) mass is 225 g/mol. The number of nitrogens with zero attached hydrogens (tertiary/aromatic N) is 3. The van der Waals surface area contributed by atoms with Gasteiger partial charge in [0.05, 0.1) is 5.69 Å². The van der Waals surface area contributed by atoms with Gasteiger partial charge < -0.3 is 0 Å². The number of Topliss-reactive ketones (excluding diaryl/α,β-unsaturated/α-hetero) is 1. The molecule has 2 rings (SSSR count). The molecule has 1 aromatic heterocycles. The van der Waals surface area contributed by atoms with Crippen molar-refractivity contribution in [1.82, 2.24) is 9.78 Å². The fourth-order valence-electron chi connectivity index (χ4n) is 1.77. The molecule has 0 unspecified atom stereocenters. The average Bonchev–Trinajstić information content (AvgIpc) is 2.67. The van der Waals surface area contributed by atoms with Gasteiger partial charge >= 0.3 is 0 Å². The molecule has 0 fully saturated rings. The van der Waals surface area contributed by atoms with Crippen molar-refractivity contribution >= 4 is 5.78 Å². The van der Waals surface area contributed by atoms with E-state index in [0.717, 1.165) is 5.69 Å². The molecule has 0 aliphatic rings. The first-order valence-electron chi connectivity index (χ1n) is 5.21. The van der Waals surface area contributed by atoms with Gasteiger partial charge in [0.15, 0.2) is 11.5 Å². The second-order valence-electron chi connectivity index (χ2n) is 3.74. The Balaban J connectivity index is 2.71. The van der Waals surface area contributed by atoms with E-state index in [2.05, 4.69) is 5.10 Å². The van der Waals surface area contributed by atoms with Crippen molar-refractivity contribution in [2.45, 2.75) is 13.8 Å². The van der Waals surface area contributed by atoms with Crippen LogP contribution in [0.2, 0.25) is 0 Å². The molecule has 0 radical (unpaired) electrons. The molecule has 0 saturated heterocycles. The first kappa shape index (κ1) is 11.1. The van der Waals surface area contributed by atoms with Crippen LogP contribution in [0, 0.1) is 18.3 Å². The molecule has 2 aromatic rings. The maximum absolute atomic E-state index is 11.6. The fraction of sp³-hybridized carbons (Fsp3) is 0.154. The van der Waals surface area contributed by atoms with Crippen molar-refractivity contribution in [3.05, 3.63) is 47.3 Å². The Morgan fingerprint density at radius 3 is 2.53 bits per heavy atom. The van der Waals surface area contributed by atoms with E-state index in [1.54, 1.807) is 6.92 Å². The van der Waals surface area contributed by atoms with Crippen LogP contribution in [-0.2, 0) is 0 Å². The molecule has 1 heterocycles. The Bertz CT molecular complexity index is 606. The van der Waals surface area contributed by atoms with Gasteiger partial charge in [0.1, 0.15) is 11.8 Å². The summed E-state index contributed by atoms with van der Waals surface area (Å²) in [6.45, 7) is 3.21. The Labute approximate surface area is 99.1 Å². The lowest BCUT2D eigenvalue weighted by molar-refractivity contribution is 0.101. The summed E-state index contributed by atoms with van der Waals surface area (Å²) in [5.41, 5.74) is 2.16. The van der Waals surface area contributed by atoms with Gasteiger partial charge in [0.25, 0.3) is 0 Å². The fourth-order valence-corrected chi connectivity index (χ4v) is 1.77. The molecule has 0 saturated carbocycles. The first-order chi connectivity index (χ1) is 8.15. The summed E-state index contributed by atoms with van der Waals surface area (Å²) in [6, 6.07) is 11.3. The van der Waals surface area contributed by atoms with Crippen LogP contribution in [0.4, 0.5) is 0 Å². The molecule has 84 valence electrons. The number of benzene rings is 1. The molecule has 0 atom stereocenters. The molecule has 4 heteroatoms. The molecule has 0 aliphatic carbocycles. The van der Waals surface area contributed by atoms with Gasteiger partial charge in [-0.1, -0.05) is 18.2 Å². The molecular formula is C13H11N3O. The van der Waals surface area contributed by atoms with Crippen molar-refractivity contribution in [1.29, 1.82) is 5.26 Å². The Morgan fingerprint density at radius 2 is 2.00 bits per heavy atom. The topological polar surface area (TPSA) is 58.7 Å². The third-order valence-corrected chi connectivity index (χ3v) is 2.56. The number of aromatic nitrogens is 2. The average molecular weight is 225 g/mol. The predicted octanol–water partition coefficient (Wildman–Crippen LogP) is 2.25. The maximum Gasteiger partial charge on any atom is 0.178 e. The minimum Gasteiger partial charge on any atom is -0.293 e. The molecule has 0 spiro atoms. The van der Waals surface area contributed by atoms with Crippen LogP contribution >= 0.6 is 0 Å². The van der Waals surface area contributed by atoms with Crippen molar-refractivity contribution in [3.8, 4) is 11.8 Å². The van der Waals surface area contributed by atoms with Gasteiger partial charge in [0, 0.05) is 12.5 Å². The molecular weight excluding hydrogens is 214 g/mol. The van der Waals surface area contributed by atoms with Crippen LogP contribution in [0.25, 0.3) is 5.69 Å². The number of para-hydroxylation sites is 1. The van der Waals surface area contributed by atoms with E-state index in [9.17, 15) is 4.79 Å². The minimum atomic E-state index is -0.0969. The van der Waals surface area contributed by atoms with E-state index >= 15 is 0 Å². The van der Waals surface area contributed by atoms with Gasteiger partial charge in [-0.2, -0.15) is 10.4 Å². The number of ketones is 1. The SMILES string of the molecule is CC(=O)c1c(C)c(C#N)nn1-c1ccccc1. The molecule has 1 aromatic carbocycles. The molecule has 0 aliphatic heterocycles. The molecule has 17 heavy (non-hydrogen) atoms. The van der Waals surface area contributed by atoms with E-state index in [1.165, 1.54) is 11.6 Å². The largest absolute Gasteiger partial charge is 0.293 e. The lowest BCUT2D eigenvalue weighted by atomic mass is 10.1. The highest BCUT2D eigenvalue weighted by Gasteiger charge is 2.18. The van der Waals surface area contributed by atoms with Crippen LogP contribution < -0.4 is 0 Å². The number of nitriles is 1. The smallest absolute Gasteiger partial charge is 0.178 e. The third-order valence-electron chi connectivity index (χ3n) is 2.56. The molecule has 4 nitrogen and oxygen atoms in total. The highest BCUT2D eigenvalue weighted by atomic mass is 16.1. The van der Waals surface area contributed by atoms with Gasteiger partial charge in [-0.25, -0.2) is 4.68 Å². The van der Waals surface area contributed by atoms with Crippen LogP contribution in [-0.4, -0.2) is 15.6 Å². The second-order valence-corrected chi connectivity index (χ2v) is 3.74. The number of carbonyl (C=O) groups is 1. The van der Waals surface area contributed by atoms with Gasteiger partial charge in [0.2, 0.25) is 0 Å². The normalized spacial score (nSPS) is 9.94. The third kappa shape index (κ3) is 1.83. The van der Waals surface area contributed by atoms with Gasteiger partial charge in [-0.3, -0.25) is 4.79 Å². The van der Waals surface area contributed by atoms with Crippen molar-refractivity contribution in [3.63, 3.8) is 0 Å². The number of hydrogen-bond donors (Lipinski definition) is 0. The number of rotatable bonds is 2. The van der Waals surface area contributed by atoms with Crippen LogP contribution in [0.3, 0.4) is 0 Å². The summed E-state index contributed by atoms with van der Waals surface area (Å²) in [6.07, 6.45) is 0. The Kier molecular flexibility index (Phi) is 2.75. The predicted molar refractivity (Wildman–Crippen MR) is 63.0 cm³/mol. The van der Waals surface area contributed by atoms with Crippen molar-refractivity contribution < 1.29 is 4.79 Å². The highest BCUT2D eigenvalue weighted by molar-refractivity contribution is 5.94. The minimum absolute atomic E-state index is 0.0969. The van der Waals surface area contributed by atoms with Crippen molar-refractivity contribution in [2.24, 2.45) is 0 Å². The summed E-state index contributed by atoms with van der Waals surface area (Å²) < 4.78 is 1.52. The highest BCUT2D eigenvalue weighted by Crippen LogP contribution is 2.18. The van der Waals surface area contributed by atoms with E-state index in [-0.39, 0.29) is 5.78 Å². The number of carbonyl (C=O) groups excluding carboxylic acids is 1. The second kappa shape index (κ2) is 4.22. The molecule has 0 N–H and O–H groups in total. The van der Waals surface area contributed by atoms with E-state index in [1.807, 2.05) is 36.4 Å². The van der Waals surface area contributed by atoms with Gasteiger partial charge in [-0.15, -0.1) is 0 Å². The van der Waals surface area contributed by atoms with Crippen LogP contribution in [0.1, 0.15) is 28.7 Å². The maximum atomic E-state index is 11.6. The summed E-state index contributed by atoms with van der Waals surface area (Å²) >= 11 is 0. The van der Waals surface area contributed by atoms with Crippen molar-refractivity contribution in [2.75, 3.05) is 0 Å². The summed E-state index contributed by atoms with van der Waals surface area (Å²) in [7, 11) is 0. The summed E-state index contributed by atoms with van der Waals surface area (Å²) in [5, 5.41) is 13.1. The first-order valence-corrected chi connectivity index (χ1v) is 5.21. The molecule has 0 bridgehead atoms. The zero-order chi connectivity index (χ0) is 12.4. The van der Waals surface area contributed by atoms with Crippen LogP contribution in [0.15, 0.2) is 30.3 Å². The zero-order valence-corrected chi connectivity index (χ0v) is 9.64. The summed E-state index contributed by atoms with van der Waals surface area (Å²) in [5.74, 6) is -0.0969. The Morgan fingerprint density at radius 1 is 1.35 bits per heavy atom. The van der Waals surface area contributed by atoms with Crippen LogP contribution in [0.5, 0.6) is 0 Å². The quantitative estimate of drug-likeness (QED) is 0.736. The lowest BCUT2D eigenvalue weighted by Gasteiger charge is -2.04. The zero-order valence-electron chi connectivity index (χ0n) is 9.64. The lowest BCUT2D eigenvalue weighted by Crippen LogP contribution is -2.06. The summed E-state index contributed by atoms with van der Waals surface area (Å²) in [4.78, 5) is 11.6.